The molecule has 0 aliphatic carbocycles. The van der Waals surface area contributed by atoms with Crippen molar-refractivity contribution in [1.29, 1.82) is 0 Å². The normalized spacial score (nSPS) is 16.2. The zero-order valence-corrected chi connectivity index (χ0v) is 11.6. The van der Waals surface area contributed by atoms with Gasteiger partial charge in [-0.3, -0.25) is 4.79 Å². The molecule has 1 aliphatic heterocycles. The molecule has 19 heavy (non-hydrogen) atoms. The number of nitrogens with one attached hydrogen (secondary N) is 2. The van der Waals surface area contributed by atoms with Crippen LogP contribution in [0.25, 0.3) is 0 Å². The maximum absolute atomic E-state index is 11.4. The Hall–Kier alpha value is -1.60. The summed E-state index contributed by atoms with van der Waals surface area (Å²) >= 11 is 0. The van der Waals surface area contributed by atoms with Crippen LogP contribution in [0.5, 0.6) is 5.75 Å². The van der Waals surface area contributed by atoms with Gasteiger partial charge in [0.15, 0.2) is 6.61 Å². The number of hydrogen-bond donors (Lipinski definition) is 2. The standard InChI is InChI=1S/C12H16N2O4S/c1-13-10(7-19(2,16)17)8-3-4-11-9(5-8)14-12(15)6-18-11/h3-5,10,13H,6-7H2,1-2H3,(H,14,15). The predicted octanol–water partition coefficient (Wildman–Crippen LogP) is 0.323. The Bertz CT molecular complexity index is 598. The molecule has 1 aromatic carbocycles. The number of ether oxygens (including phenoxy) is 1. The molecule has 1 aromatic rings. The van der Waals surface area contributed by atoms with Gasteiger partial charge in [-0.1, -0.05) is 6.07 Å². The van der Waals surface area contributed by atoms with E-state index in [2.05, 4.69) is 10.6 Å². The maximum Gasteiger partial charge on any atom is 0.262 e. The van der Waals surface area contributed by atoms with E-state index in [9.17, 15) is 13.2 Å². The van der Waals surface area contributed by atoms with Gasteiger partial charge in [-0.15, -0.1) is 0 Å². The Morgan fingerprint density at radius 1 is 1.47 bits per heavy atom. The minimum absolute atomic E-state index is 0.00289. The van der Waals surface area contributed by atoms with Crippen LogP contribution in [0.1, 0.15) is 11.6 Å². The van der Waals surface area contributed by atoms with Crippen molar-refractivity contribution in [2.24, 2.45) is 0 Å². The van der Waals surface area contributed by atoms with Crippen molar-refractivity contribution >= 4 is 21.4 Å². The highest BCUT2D eigenvalue weighted by Crippen LogP contribution is 2.30. The molecule has 1 unspecified atom stereocenters. The highest BCUT2D eigenvalue weighted by molar-refractivity contribution is 7.90. The van der Waals surface area contributed by atoms with E-state index in [1.165, 1.54) is 6.26 Å². The smallest absolute Gasteiger partial charge is 0.262 e. The second-order valence-electron chi connectivity index (χ2n) is 4.53. The second-order valence-corrected chi connectivity index (χ2v) is 6.71. The first-order chi connectivity index (χ1) is 8.89. The molecule has 0 radical (unpaired) electrons. The van der Waals surface area contributed by atoms with Crippen molar-refractivity contribution in [2.75, 3.05) is 31.0 Å². The largest absolute Gasteiger partial charge is 0.482 e. The van der Waals surface area contributed by atoms with Crippen molar-refractivity contribution < 1.29 is 17.9 Å². The number of benzene rings is 1. The number of rotatable bonds is 4. The first-order valence-electron chi connectivity index (χ1n) is 5.80. The molecule has 6 nitrogen and oxygen atoms in total. The van der Waals surface area contributed by atoms with E-state index in [-0.39, 0.29) is 24.3 Å². The molecule has 2 N–H and O–H groups in total. The first kappa shape index (κ1) is 13.8. The average Bonchev–Trinajstić information content (AvgIpc) is 2.34. The monoisotopic (exact) mass is 284 g/mol. The summed E-state index contributed by atoms with van der Waals surface area (Å²) in [5.74, 6) is 0.378. The van der Waals surface area contributed by atoms with Crippen LogP contribution in [0.3, 0.4) is 0 Å². The molecular weight excluding hydrogens is 268 g/mol. The molecule has 0 saturated heterocycles. The van der Waals surface area contributed by atoms with E-state index in [0.29, 0.717) is 11.4 Å². The van der Waals surface area contributed by atoms with Gasteiger partial charge in [-0.05, 0) is 24.7 Å². The number of fused-ring (bicyclic) bond motifs is 1. The van der Waals surface area contributed by atoms with Gasteiger partial charge < -0.3 is 15.4 Å². The van der Waals surface area contributed by atoms with Gasteiger partial charge in [0, 0.05) is 12.3 Å². The fourth-order valence-electron chi connectivity index (χ4n) is 1.97. The van der Waals surface area contributed by atoms with E-state index in [1.807, 2.05) is 0 Å². The molecule has 7 heteroatoms. The van der Waals surface area contributed by atoms with Crippen molar-refractivity contribution in [1.82, 2.24) is 5.32 Å². The number of carbonyl (C=O) groups excluding carboxylic acids is 1. The molecule has 1 atom stereocenters. The molecular formula is C12H16N2O4S. The van der Waals surface area contributed by atoms with Crippen LogP contribution in [0.2, 0.25) is 0 Å². The molecule has 1 amide bonds. The number of amides is 1. The van der Waals surface area contributed by atoms with Crippen LogP contribution in [-0.4, -0.2) is 40.0 Å². The molecule has 1 aliphatic rings. The second kappa shape index (κ2) is 5.18. The molecule has 0 saturated carbocycles. The van der Waals surface area contributed by atoms with Crippen LogP contribution in [-0.2, 0) is 14.6 Å². The van der Waals surface area contributed by atoms with Gasteiger partial charge in [0.1, 0.15) is 15.6 Å². The van der Waals surface area contributed by atoms with E-state index in [4.69, 9.17) is 4.74 Å². The van der Waals surface area contributed by atoms with Crippen LogP contribution in [0.15, 0.2) is 18.2 Å². The van der Waals surface area contributed by atoms with Crippen molar-refractivity contribution in [2.45, 2.75) is 6.04 Å². The highest BCUT2D eigenvalue weighted by atomic mass is 32.2. The van der Waals surface area contributed by atoms with Crippen LogP contribution >= 0.6 is 0 Å². The quantitative estimate of drug-likeness (QED) is 0.832. The van der Waals surface area contributed by atoms with E-state index in [0.717, 1.165) is 5.56 Å². The summed E-state index contributed by atoms with van der Waals surface area (Å²) in [5.41, 5.74) is 1.36. The zero-order chi connectivity index (χ0) is 14.0. The Labute approximate surface area is 112 Å². The number of hydrogen-bond acceptors (Lipinski definition) is 5. The van der Waals surface area contributed by atoms with E-state index in [1.54, 1.807) is 25.2 Å². The number of anilines is 1. The average molecular weight is 284 g/mol. The van der Waals surface area contributed by atoms with Gasteiger partial charge in [0.2, 0.25) is 0 Å². The fraction of sp³-hybridized carbons (Fsp3) is 0.417. The lowest BCUT2D eigenvalue weighted by Crippen LogP contribution is -2.27. The summed E-state index contributed by atoms with van der Waals surface area (Å²) in [6.45, 7) is 0.00510. The predicted molar refractivity (Wildman–Crippen MR) is 72.1 cm³/mol. The minimum atomic E-state index is -3.10. The third kappa shape index (κ3) is 3.45. The van der Waals surface area contributed by atoms with E-state index >= 15 is 0 Å². The van der Waals surface area contributed by atoms with Crippen molar-refractivity contribution in [3.63, 3.8) is 0 Å². The van der Waals surface area contributed by atoms with Crippen molar-refractivity contribution in [3.05, 3.63) is 23.8 Å². The third-order valence-electron chi connectivity index (χ3n) is 2.86. The summed E-state index contributed by atoms with van der Waals surface area (Å²) in [7, 11) is -1.40. The Balaban J connectivity index is 2.29. The molecule has 0 aromatic heterocycles. The lowest BCUT2D eigenvalue weighted by molar-refractivity contribution is -0.118. The first-order valence-corrected chi connectivity index (χ1v) is 7.86. The highest BCUT2D eigenvalue weighted by Gasteiger charge is 2.20. The van der Waals surface area contributed by atoms with Gasteiger partial charge in [-0.2, -0.15) is 0 Å². The fourth-order valence-corrected chi connectivity index (χ4v) is 2.93. The van der Waals surface area contributed by atoms with E-state index < -0.39 is 9.84 Å². The summed E-state index contributed by atoms with van der Waals surface area (Å²) in [4.78, 5) is 11.3. The molecule has 0 fully saturated rings. The molecule has 0 bridgehead atoms. The van der Waals surface area contributed by atoms with Gasteiger partial charge >= 0.3 is 0 Å². The summed E-state index contributed by atoms with van der Waals surface area (Å²) in [5, 5.41) is 5.66. The zero-order valence-electron chi connectivity index (χ0n) is 10.8. The molecule has 2 rings (SSSR count). The molecule has 104 valence electrons. The van der Waals surface area contributed by atoms with Gasteiger partial charge in [0.25, 0.3) is 5.91 Å². The Morgan fingerprint density at radius 3 is 2.84 bits per heavy atom. The van der Waals surface area contributed by atoms with Crippen LogP contribution in [0.4, 0.5) is 5.69 Å². The minimum Gasteiger partial charge on any atom is -0.482 e. The summed E-state index contributed by atoms with van der Waals surface area (Å²) < 4.78 is 28.0. The molecule has 1 heterocycles. The van der Waals surface area contributed by atoms with Crippen LogP contribution < -0.4 is 15.4 Å². The summed E-state index contributed by atoms with van der Waals surface area (Å²) in [6.07, 6.45) is 1.20. The SMILES string of the molecule is CNC(CS(C)(=O)=O)c1ccc2c(c1)NC(=O)CO2. The van der Waals surface area contributed by atoms with Gasteiger partial charge in [-0.25, -0.2) is 8.42 Å². The Morgan fingerprint density at radius 2 is 2.21 bits per heavy atom. The number of carbonyl (C=O) groups is 1. The topological polar surface area (TPSA) is 84.5 Å². The van der Waals surface area contributed by atoms with Crippen molar-refractivity contribution in [3.8, 4) is 5.75 Å². The number of sulfone groups is 1. The lowest BCUT2D eigenvalue weighted by Gasteiger charge is -2.21. The Kier molecular flexibility index (Phi) is 3.77. The maximum atomic E-state index is 11.4. The lowest BCUT2D eigenvalue weighted by atomic mass is 10.1. The van der Waals surface area contributed by atoms with Crippen LogP contribution in [0, 0.1) is 0 Å². The third-order valence-corrected chi connectivity index (χ3v) is 3.80. The summed E-state index contributed by atoms with van der Waals surface area (Å²) in [6, 6.07) is 4.94. The molecule has 0 spiro atoms. The van der Waals surface area contributed by atoms with Gasteiger partial charge in [0.05, 0.1) is 11.4 Å².